The third kappa shape index (κ3) is 3.93. The number of benzene rings is 1. The van der Waals surface area contributed by atoms with E-state index in [2.05, 4.69) is 15.9 Å². The number of rotatable bonds is 5. The number of hydrogen-bond donors (Lipinski definition) is 1. The average Bonchev–Trinajstić information content (AvgIpc) is 2.31. The van der Waals surface area contributed by atoms with E-state index in [-0.39, 0.29) is 12.5 Å². The SMILES string of the molecule is CCCN(CC(N)=S)C(=O)c1cccc(Br)c1Cl. The standard InChI is InChI=1S/C12H14BrClN2OS/c1-2-6-16(7-10(15)18)12(17)8-4-3-5-9(13)11(8)14/h3-5H,2,6-7H2,1H3,(H2,15,18). The highest BCUT2D eigenvalue weighted by Gasteiger charge is 2.19. The van der Waals surface area contributed by atoms with Gasteiger partial charge in [-0.2, -0.15) is 0 Å². The van der Waals surface area contributed by atoms with Gasteiger partial charge in [0.15, 0.2) is 0 Å². The lowest BCUT2D eigenvalue weighted by atomic mass is 10.2. The zero-order chi connectivity index (χ0) is 13.7. The van der Waals surface area contributed by atoms with Gasteiger partial charge in [-0.05, 0) is 34.5 Å². The predicted molar refractivity (Wildman–Crippen MR) is 82.1 cm³/mol. The molecule has 6 heteroatoms. The molecule has 0 saturated carbocycles. The summed E-state index contributed by atoms with van der Waals surface area (Å²) in [6, 6.07) is 5.25. The van der Waals surface area contributed by atoms with Crippen molar-refractivity contribution in [3.8, 4) is 0 Å². The van der Waals surface area contributed by atoms with Gasteiger partial charge in [0.1, 0.15) is 0 Å². The Hall–Kier alpha value is -0.650. The minimum Gasteiger partial charge on any atom is -0.392 e. The first-order valence-electron chi connectivity index (χ1n) is 5.49. The van der Waals surface area contributed by atoms with Crippen molar-refractivity contribution in [3.05, 3.63) is 33.3 Å². The van der Waals surface area contributed by atoms with Gasteiger partial charge in [0.2, 0.25) is 0 Å². The molecule has 0 atom stereocenters. The van der Waals surface area contributed by atoms with E-state index in [1.54, 1.807) is 23.1 Å². The van der Waals surface area contributed by atoms with Crippen molar-refractivity contribution in [2.24, 2.45) is 5.73 Å². The number of amides is 1. The first kappa shape index (κ1) is 15.4. The van der Waals surface area contributed by atoms with Crippen LogP contribution in [0.1, 0.15) is 23.7 Å². The van der Waals surface area contributed by atoms with E-state index in [0.717, 1.165) is 6.42 Å². The number of nitrogens with two attached hydrogens (primary N) is 1. The number of carbonyl (C=O) groups is 1. The van der Waals surface area contributed by atoms with Crippen LogP contribution in [0.2, 0.25) is 5.02 Å². The van der Waals surface area contributed by atoms with E-state index in [0.29, 0.717) is 26.6 Å². The van der Waals surface area contributed by atoms with Crippen LogP contribution in [0, 0.1) is 0 Å². The molecule has 1 amide bonds. The summed E-state index contributed by atoms with van der Waals surface area (Å²) in [4.78, 5) is 14.3. The second-order valence-corrected chi connectivity index (χ2v) is 5.55. The van der Waals surface area contributed by atoms with Gasteiger partial charge in [-0.25, -0.2) is 0 Å². The third-order valence-corrected chi connectivity index (χ3v) is 3.73. The van der Waals surface area contributed by atoms with E-state index >= 15 is 0 Å². The zero-order valence-corrected chi connectivity index (χ0v) is 13.1. The summed E-state index contributed by atoms with van der Waals surface area (Å²) in [6.45, 7) is 2.85. The van der Waals surface area contributed by atoms with Crippen LogP contribution < -0.4 is 5.73 Å². The normalized spacial score (nSPS) is 10.2. The van der Waals surface area contributed by atoms with E-state index in [9.17, 15) is 4.79 Å². The van der Waals surface area contributed by atoms with Gasteiger partial charge in [-0.1, -0.05) is 36.8 Å². The molecule has 0 spiro atoms. The first-order valence-corrected chi connectivity index (χ1v) is 7.06. The quantitative estimate of drug-likeness (QED) is 0.830. The Morgan fingerprint density at radius 1 is 1.56 bits per heavy atom. The minimum atomic E-state index is -0.157. The van der Waals surface area contributed by atoms with Crippen molar-refractivity contribution in [2.75, 3.05) is 13.1 Å². The molecule has 1 rings (SSSR count). The largest absolute Gasteiger partial charge is 0.392 e. The van der Waals surface area contributed by atoms with Gasteiger partial charge in [0.05, 0.1) is 22.1 Å². The molecule has 2 N–H and O–H groups in total. The van der Waals surface area contributed by atoms with E-state index in [1.807, 2.05) is 6.92 Å². The molecule has 0 aliphatic rings. The maximum Gasteiger partial charge on any atom is 0.255 e. The van der Waals surface area contributed by atoms with Crippen LogP contribution in [0.25, 0.3) is 0 Å². The molecule has 98 valence electrons. The van der Waals surface area contributed by atoms with Crippen LogP contribution in [-0.4, -0.2) is 28.9 Å². The molecule has 0 radical (unpaired) electrons. The van der Waals surface area contributed by atoms with Crippen LogP contribution in [0.15, 0.2) is 22.7 Å². The minimum absolute atomic E-state index is 0.157. The molecule has 0 saturated heterocycles. The van der Waals surface area contributed by atoms with Crippen molar-refractivity contribution in [1.82, 2.24) is 4.90 Å². The number of halogens is 2. The Bertz CT molecular complexity index is 467. The first-order chi connectivity index (χ1) is 8.47. The summed E-state index contributed by atoms with van der Waals surface area (Å²) in [6.07, 6.45) is 0.833. The van der Waals surface area contributed by atoms with Gasteiger partial charge in [-0.3, -0.25) is 4.79 Å². The van der Waals surface area contributed by atoms with Crippen LogP contribution in [0.4, 0.5) is 0 Å². The van der Waals surface area contributed by atoms with Crippen LogP contribution in [-0.2, 0) is 0 Å². The number of carbonyl (C=O) groups excluding carboxylic acids is 1. The van der Waals surface area contributed by atoms with Gasteiger partial charge in [0.25, 0.3) is 5.91 Å². The summed E-state index contributed by atoms with van der Waals surface area (Å²) < 4.78 is 0.696. The summed E-state index contributed by atoms with van der Waals surface area (Å²) >= 11 is 14.3. The molecule has 0 aliphatic carbocycles. The second kappa shape index (κ2) is 7.07. The lowest BCUT2D eigenvalue weighted by Gasteiger charge is -2.22. The maximum atomic E-state index is 12.3. The van der Waals surface area contributed by atoms with Crippen LogP contribution >= 0.6 is 39.7 Å². The fourth-order valence-corrected chi connectivity index (χ4v) is 2.28. The zero-order valence-electron chi connectivity index (χ0n) is 9.95. The van der Waals surface area contributed by atoms with Crippen molar-refractivity contribution >= 4 is 50.6 Å². The molecule has 1 aromatic rings. The van der Waals surface area contributed by atoms with Crippen molar-refractivity contribution in [1.29, 1.82) is 0 Å². The van der Waals surface area contributed by atoms with Gasteiger partial charge >= 0.3 is 0 Å². The van der Waals surface area contributed by atoms with Gasteiger partial charge < -0.3 is 10.6 Å². The average molecular weight is 350 g/mol. The second-order valence-electron chi connectivity index (χ2n) is 3.79. The Balaban J connectivity index is 3.01. The number of nitrogens with zero attached hydrogens (tertiary/aromatic N) is 1. The van der Waals surface area contributed by atoms with Gasteiger partial charge in [0, 0.05) is 11.0 Å². The Labute approximate surface area is 125 Å². The third-order valence-electron chi connectivity index (χ3n) is 2.31. The fraction of sp³-hybridized carbons (Fsp3) is 0.333. The fourth-order valence-electron chi connectivity index (χ4n) is 1.55. The molecule has 0 fully saturated rings. The summed E-state index contributed by atoms with van der Waals surface area (Å²) in [5, 5.41) is 0.409. The number of hydrogen-bond acceptors (Lipinski definition) is 2. The van der Waals surface area contributed by atoms with Crippen LogP contribution in [0.5, 0.6) is 0 Å². The molecule has 0 unspecified atom stereocenters. The highest BCUT2D eigenvalue weighted by molar-refractivity contribution is 9.10. The molecule has 18 heavy (non-hydrogen) atoms. The highest BCUT2D eigenvalue weighted by atomic mass is 79.9. The predicted octanol–water partition coefficient (Wildman–Crippen LogP) is 3.24. The maximum absolute atomic E-state index is 12.3. The molecule has 3 nitrogen and oxygen atoms in total. The van der Waals surface area contributed by atoms with Gasteiger partial charge in [-0.15, -0.1) is 0 Å². The van der Waals surface area contributed by atoms with E-state index in [4.69, 9.17) is 29.6 Å². The van der Waals surface area contributed by atoms with Crippen LogP contribution in [0.3, 0.4) is 0 Å². The summed E-state index contributed by atoms with van der Waals surface area (Å²) in [5.74, 6) is -0.157. The molecule has 1 aromatic carbocycles. The number of thiocarbonyl (C=S) groups is 1. The Morgan fingerprint density at radius 3 is 2.78 bits per heavy atom. The molecule has 0 heterocycles. The van der Waals surface area contributed by atoms with Crippen molar-refractivity contribution < 1.29 is 4.79 Å². The summed E-state index contributed by atoms with van der Waals surface area (Å²) in [7, 11) is 0. The Morgan fingerprint density at radius 2 is 2.22 bits per heavy atom. The lowest BCUT2D eigenvalue weighted by molar-refractivity contribution is 0.0780. The van der Waals surface area contributed by atoms with Crippen molar-refractivity contribution in [3.63, 3.8) is 0 Å². The monoisotopic (exact) mass is 348 g/mol. The molecular weight excluding hydrogens is 336 g/mol. The van der Waals surface area contributed by atoms with Crippen molar-refractivity contribution in [2.45, 2.75) is 13.3 Å². The lowest BCUT2D eigenvalue weighted by Crippen LogP contribution is -2.38. The smallest absolute Gasteiger partial charge is 0.255 e. The molecular formula is C12H14BrClN2OS. The Kier molecular flexibility index (Phi) is 6.05. The topological polar surface area (TPSA) is 46.3 Å². The highest BCUT2D eigenvalue weighted by Crippen LogP contribution is 2.26. The van der Waals surface area contributed by atoms with E-state index < -0.39 is 0 Å². The van der Waals surface area contributed by atoms with E-state index in [1.165, 1.54) is 0 Å². The molecule has 0 aromatic heterocycles. The molecule has 0 bridgehead atoms. The molecule has 0 aliphatic heterocycles. The summed E-state index contributed by atoms with van der Waals surface area (Å²) in [5.41, 5.74) is 5.96.